The number of amides is 1. The standard InChI is InChI=1S/C20H23NO5S/c1-2-3-14-26-20(23)16-9-11-17(12-10-16)21-19(22)13-15-27(24,25)18-7-5-4-6-8-18/h4-12H,2-3,13-15H2,1H3,(H,21,22). The van der Waals surface area contributed by atoms with Crippen LogP contribution in [0.1, 0.15) is 36.5 Å². The van der Waals surface area contributed by atoms with E-state index in [1.54, 1.807) is 42.5 Å². The summed E-state index contributed by atoms with van der Waals surface area (Å²) in [5, 5.41) is 2.63. The van der Waals surface area contributed by atoms with E-state index in [0.717, 1.165) is 12.8 Å². The molecule has 144 valence electrons. The quantitative estimate of drug-likeness (QED) is 0.524. The van der Waals surface area contributed by atoms with Gasteiger partial charge in [0.05, 0.1) is 22.8 Å². The molecule has 0 aliphatic carbocycles. The molecule has 1 N–H and O–H groups in total. The molecule has 2 aromatic rings. The molecule has 0 unspecified atom stereocenters. The topological polar surface area (TPSA) is 89.5 Å². The fourth-order valence-corrected chi connectivity index (χ4v) is 3.54. The number of benzene rings is 2. The van der Waals surface area contributed by atoms with Crippen LogP contribution in [0.4, 0.5) is 5.69 Å². The lowest BCUT2D eigenvalue weighted by atomic mass is 10.2. The van der Waals surface area contributed by atoms with Crippen LogP contribution in [-0.4, -0.2) is 32.7 Å². The van der Waals surface area contributed by atoms with Gasteiger partial charge in [0.25, 0.3) is 0 Å². The van der Waals surface area contributed by atoms with Gasteiger partial charge in [-0.2, -0.15) is 0 Å². The zero-order valence-electron chi connectivity index (χ0n) is 15.2. The molecule has 0 aliphatic rings. The van der Waals surface area contributed by atoms with Crippen molar-refractivity contribution >= 4 is 27.4 Å². The minimum absolute atomic E-state index is 0.155. The zero-order valence-corrected chi connectivity index (χ0v) is 16.0. The van der Waals surface area contributed by atoms with Gasteiger partial charge in [-0.25, -0.2) is 13.2 Å². The molecule has 0 fully saturated rings. The second kappa shape index (κ2) is 9.87. The first-order valence-corrected chi connectivity index (χ1v) is 10.4. The van der Waals surface area contributed by atoms with Crippen molar-refractivity contribution in [1.29, 1.82) is 0 Å². The third-order valence-electron chi connectivity index (χ3n) is 3.84. The molecule has 0 spiro atoms. The van der Waals surface area contributed by atoms with Crippen LogP contribution >= 0.6 is 0 Å². The maximum absolute atomic E-state index is 12.2. The maximum Gasteiger partial charge on any atom is 0.338 e. The van der Waals surface area contributed by atoms with E-state index in [2.05, 4.69) is 5.32 Å². The lowest BCUT2D eigenvalue weighted by Crippen LogP contribution is -2.17. The number of ether oxygens (including phenoxy) is 1. The smallest absolute Gasteiger partial charge is 0.338 e. The van der Waals surface area contributed by atoms with Crippen LogP contribution in [0.15, 0.2) is 59.5 Å². The van der Waals surface area contributed by atoms with E-state index >= 15 is 0 Å². The SMILES string of the molecule is CCCCOC(=O)c1ccc(NC(=O)CCS(=O)(=O)c2ccccc2)cc1. The van der Waals surface area contributed by atoms with Crippen LogP contribution < -0.4 is 5.32 Å². The Kier molecular flexibility index (Phi) is 7.55. The number of sulfone groups is 1. The van der Waals surface area contributed by atoms with Crippen LogP contribution in [-0.2, 0) is 19.4 Å². The summed E-state index contributed by atoms with van der Waals surface area (Å²) in [6, 6.07) is 14.3. The largest absolute Gasteiger partial charge is 0.462 e. The lowest BCUT2D eigenvalue weighted by molar-refractivity contribution is -0.115. The summed E-state index contributed by atoms with van der Waals surface area (Å²) >= 11 is 0. The number of esters is 1. The Labute approximate surface area is 159 Å². The van der Waals surface area contributed by atoms with Crippen molar-refractivity contribution in [3.05, 3.63) is 60.2 Å². The average molecular weight is 389 g/mol. The number of unbranched alkanes of at least 4 members (excludes halogenated alkanes) is 1. The summed E-state index contributed by atoms with van der Waals surface area (Å²) in [5.41, 5.74) is 0.887. The fourth-order valence-electron chi connectivity index (χ4n) is 2.28. The Morgan fingerprint density at radius 1 is 1.00 bits per heavy atom. The molecule has 7 heteroatoms. The van der Waals surface area contributed by atoms with E-state index in [9.17, 15) is 18.0 Å². The van der Waals surface area contributed by atoms with Crippen LogP contribution in [0.5, 0.6) is 0 Å². The summed E-state index contributed by atoms with van der Waals surface area (Å²) in [6.45, 7) is 2.39. The molecule has 0 aliphatic heterocycles. The predicted octanol–water partition coefficient (Wildman–Crippen LogP) is 3.45. The first-order valence-electron chi connectivity index (χ1n) is 8.77. The number of carbonyl (C=O) groups excluding carboxylic acids is 2. The Bertz CT molecular complexity index is 861. The van der Waals surface area contributed by atoms with Gasteiger partial charge in [0.2, 0.25) is 5.91 Å². The number of anilines is 1. The van der Waals surface area contributed by atoms with E-state index in [0.29, 0.717) is 17.9 Å². The second-order valence-electron chi connectivity index (χ2n) is 6.00. The Balaban J connectivity index is 1.86. The van der Waals surface area contributed by atoms with Gasteiger partial charge in [0.15, 0.2) is 9.84 Å². The number of rotatable bonds is 9. The zero-order chi connectivity index (χ0) is 19.7. The molecular formula is C20H23NO5S. The molecule has 6 nitrogen and oxygen atoms in total. The lowest BCUT2D eigenvalue weighted by Gasteiger charge is -2.08. The van der Waals surface area contributed by atoms with Crippen molar-refractivity contribution in [2.45, 2.75) is 31.1 Å². The summed E-state index contributed by atoms with van der Waals surface area (Å²) in [6.07, 6.45) is 1.60. The Morgan fingerprint density at radius 2 is 1.67 bits per heavy atom. The normalized spacial score (nSPS) is 11.0. The molecule has 0 saturated heterocycles. The highest BCUT2D eigenvalue weighted by Crippen LogP contribution is 2.14. The molecule has 0 bridgehead atoms. The van der Waals surface area contributed by atoms with Gasteiger partial charge in [-0.1, -0.05) is 31.5 Å². The monoisotopic (exact) mass is 389 g/mol. The molecule has 2 aromatic carbocycles. The Hall–Kier alpha value is -2.67. The highest BCUT2D eigenvalue weighted by Gasteiger charge is 2.16. The summed E-state index contributed by atoms with van der Waals surface area (Å²) in [4.78, 5) is 24.0. The maximum atomic E-state index is 12.2. The minimum atomic E-state index is -3.50. The molecule has 0 aromatic heterocycles. The van der Waals surface area contributed by atoms with E-state index in [-0.39, 0.29) is 17.1 Å². The van der Waals surface area contributed by atoms with Crippen LogP contribution in [0, 0.1) is 0 Å². The molecular weight excluding hydrogens is 366 g/mol. The van der Waals surface area contributed by atoms with Crippen molar-refractivity contribution in [2.75, 3.05) is 17.7 Å². The first kappa shape index (κ1) is 20.6. The van der Waals surface area contributed by atoms with Crippen LogP contribution in [0.25, 0.3) is 0 Å². The second-order valence-corrected chi connectivity index (χ2v) is 8.11. The fraction of sp³-hybridized carbons (Fsp3) is 0.300. The molecule has 2 rings (SSSR count). The van der Waals surface area contributed by atoms with Gasteiger partial charge in [-0.3, -0.25) is 4.79 Å². The van der Waals surface area contributed by atoms with Crippen molar-refractivity contribution in [2.24, 2.45) is 0 Å². The number of hydrogen-bond donors (Lipinski definition) is 1. The van der Waals surface area contributed by atoms with Crippen molar-refractivity contribution in [3.63, 3.8) is 0 Å². The van der Waals surface area contributed by atoms with E-state index < -0.39 is 21.7 Å². The average Bonchev–Trinajstić information content (AvgIpc) is 2.68. The predicted molar refractivity (Wildman–Crippen MR) is 103 cm³/mol. The highest BCUT2D eigenvalue weighted by molar-refractivity contribution is 7.91. The summed E-state index contributed by atoms with van der Waals surface area (Å²) < 4.78 is 29.5. The Morgan fingerprint density at radius 3 is 2.30 bits per heavy atom. The number of hydrogen-bond acceptors (Lipinski definition) is 5. The summed E-state index contributed by atoms with van der Waals surface area (Å²) in [7, 11) is -3.50. The van der Waals surface area contributed by atoms with Gasteiger partial charge in [-0.15, -0.1) is 0 Å². The molecule has 0 atom stereocenters. The van der Waals surface area contributed by atoms with Crippen molar-refractivity contribution < 1.29 is 22.7 Å². The minimum Gasteiger partial charge on any atom is -0.462 e. The van der Waals surface area contributed by atoms with Gasteiger partial charge in [-0.05, 0) is 42.8 Å². The third kappa shape index (κ3) is 6.53. The summed E-state index contributed by atoms with van der Waals surface area (Å²) in [5.74, 6) is -1.09. The first-order chi connectivity index (χ1) is 12.9. The number of nitrogens with one attached hydrogen (secondary N) is 1. The molecule has 27 heavy (non-hydrogen) atoms. The van der Waals surface area contributed by atoms with Crippen LogP contribution in [0.3, 0.4) is 0 Å². The van der Waals surface area contributed by atoms with Crippen molar-refractivity contribution in [1.82, 2.24) is 0 Å². The van der Waals surface area contributed by atoms with Gasteiger partial charge < -0.3 is 10.1 Å². The van der Waals surface area contributed by atoms with Gasteiger partial charge in [0.1, 0.15) is 0 Å². The van der Waals surface area contributed by atoms with E-state index in [1.807, 2.05) is 6.92 Å². The number of carbonyl (C=O) groups is 2. The van der Waals surface area contributed by atoms with E-state index in [1.165, 1.54) is 12.1 Å². The molecule has 0 radical (unpaired) electrons. The molecule has 0 heterocycles. The molecule has 1 amide bonds. The third-order valence-corrected chi connectivity index (χ3v) is 5.57. The highest BCUT2D eigenvalue weighted by atomic mass is 32.2. The van der Waals surface area contributed by atoms with Gasteiger partial charge in [0, 0.05) is 12.1 Å². The molecule has 0 saturated carbocycles. The van der Waals surface area contributed by atoms with Crippen molar-refractivity contribution in [3.8, 4) is 0 Å². The van der Waals surface area contributed by atoms with E-state index in [4.69, 9.17) is 4.74 Å². The van der Waals surface area contributed by atoms with Crippen LogP contribution in [0.2, 0.25) is 0 Å². The van der Waals surface area contributed by atoms with Gasteiger partial charge >= 0.3 is 5.97 Å².